The first-order chi connectivity index (χ1) is 15.1. The van der Waals surface area contributed by atoms with Gasteiger partial charge in [0.2, 0.25) is 5.91 Å². The fraction of sp³-hybridized carbons (Fsp3) is 0.375. The Morgan fingerprint density at radius 3 is 2.58 bits per heavy atom. The molecule has 0 radical (unpaired) electrons. The molecule has 1 amide bonds. The van der Waals surface area contributed by atoms with Gasteiger partial charge in [0, 0.05) is 38.1 Å². The Kier molecular flexibility index (Phi) is 5.65. The summed E-state index contributed by atoms with van der Waals surface area (Å²) >= 11 is 1.78. The van der Waals surface area contributed by atoms with E-state index in [1.54, 1.807) is 11.9 Å². The number of carbonyl (C=O) groups excluding carboxylic acids is 1. The summed E-state index contributed by atoms with van der Waals surface area (Å²) in [6.07, 6.45) is 0. The van der Waals surface area contributed by atoms with Gasteiger partial charge in [0.25, 0.3) is 0 Å². The highest BCUT2D eigenvalue weighted by molar-refractivity contribution is 7.97. The van der Waals surface area contributed by atoms with E-state index in [4.69, 9.17) is 4.74 Å². The Balaban J connectivity index is 1.15. The zero-order valence-corrected chi connectivity index (χ0v) is 18.5. The van der Waals surface area contributed by atoms with Gasteiger partial charge in [-0.3, -0.25) is 4.79 Å². The molecule has 0 saturated carbocycles. The molecule has 162 valence electrons. The summed E-state index contributed by atoms with van der Waals surface area (Å²) in [7, 11) is 2.10. The maximum absolute atomic E-state index is 12.8. The number of nitrogens with zero attached hydrogens (tertiary/aromatic N) is 3. The van der Waals surface area contributed by atoms with Gasteiger partial charge < -0.3 is 19.6 Å². The predicted molar refractivity (Wildman–Crippen MR) is 123 cm³/mol. The fourth-order valence-electron chi connectivity index (χ4n) is 4.23. The van der Waals surface area contributed by atoms with Crippen LogP contribution in [0.1, 0.15) is 11.5 Å². The third kappa shape index (κ3) is 4.05. The van der Waals surface area contributed by atoms with E-state index in [1.165, 1.54) is 16.0 Å². The second-order valence-corrected chi connectivity index (χ2v) is 9.51. The normalized spacial score (nSPS) is 19.3. The summed E-state index contributed by atoms with van der Waals surface area (Å²) in [5, 5.41) is 9.74. The quantitative estimate of drug-likeness (QED) is 0.574. The number of aliphatic hydroxyl groups excluding tert-OH is 1. The highest BCUT2D eigenvalue weighted by Gasteiger charge is 2.35. The van der Waals surface area contributed by atoms with Crippen LogP contribution in [0, 0.1) is 0 Å². The number of hydrogen-bond acceptors (Lipinski definition) is 6. The molecule has 3 aliphatic rings. The molecule has 5 rings (SSSR count). The summed E-state index contributed by atoms with van der Waals surface area (Å²) < 4.78 is 8.07. The van der Waals surface area contributed by atoms with Crippen LogP contribution in [0.25, 0.3) is 0 Å². The number of likely N-dealkylation sites (tertiary alicyclic amines) is 1. The van der Waals surface area contributed by atoms with Crippen molar-refractivity contribution in [2.45, 2.75) is 10.8 Å². The molecule has 31 heavy (non-hydrogen) atoms. The Bertz CT molecular complexity index is 994. The smallest absolute Gasteiger partial charge is 0.233 e. The first-order valence-electron chi connectivity index (χ1n) is 10.7. The molecule has 0 aliphatic carbocycles. The summed E-state index contributed by atoms with van der Waals surface area (Å²) in [6.45, 7) is 4.76. The van der Waals surface area contributed by atoms with Crippen LogP contribution in [-0.2, 0) is 4.79 Å². The van der Waals surface area contributed by atoms with Gasteiger partial charge in [0.05, 0.1) is 24.8 Å². The maximum Gasteiger partial charge on any atom is 0.233 e. The number of benzene rings is 2. The molecule has 6 nitrogen and oxygen atoms in total. The van der Waals surface area contributed by atoms with Gasteiger partial charge in [-0.05, 0) is 46.9 Å². The molecule has 0 aromatic heterocycles. The molecule has 1 unspecified atom stereocenters. The molecule has 3 aliphatic heterocycles. The van der Waals surface area contributed by atoms with Crippen molar-refractivity contribution in [2.24, 2.45) is 0 Å². The minimum Gasteiger partial charge on any atom is -0.490 e. The molecule has 0 spiro atoms. The minimum atomic E-state index is -0.465. The molecular weight excluding hydrogens is 410 g/mol. The van der Waals surface area contributed by atoms with Crippen molar-refractivity contribution >= 4 is 23.5 Å². The number of anilines is 1. The number of rotatable bonds is 5. The van der Waals surface area contributed by atoms with Crippen molar-refractivity contribution in [1.82, 2.24) is 9.21 Å². The second kappa shape index (κ2) is 8.57. The van der Waals surface area contributed by atoms with Gasteiger partial charge in [-0.2, -0.15) is 0 Å². The Hall–Kier alpha value is -2.48. The summed E-state index contributed by atoms with van der Waals surface area (Å²) in [6, 6.07) is 15.9. The first kappa shape index (κ1) is 20.4. The maximum atomic E-state index is 12.8. The van der Waals surface area contributed by atoms with Crippen LogP contribution >= 0.6 is 11.9 Å². The average Bonchev–Trinajstić information content (AvgIpc) is 2.72. The Labute approximate surface area is 187 Å². The molecular formula is C24H27N3O3S. The van der Waals surface area contributed by atoms with E-state index in [0.29, 0.717) is 13.1 Å². The largest absolute Gasteiger partial charge is 0.490 e. The van der Waals surface area contributed by atoms with Crippen LogP contribution in [0.15, 0.2) is 64.6 Å². The lowest BCUT2D eigenvalue weighted by Gasteiger charge is -2.42. The lowest BCUT2D eigenvalue weighted by Crippen LogP contribution is -2.50. The highest BCUT2D eigenvalue weighted by Crippen LogP contribution is 2.39. The number of likely N-dealkylation sites (N-methyl/N-ethyl adjacent to an activating group) is 1. The zero-order chi connectivity index (χ0) is 21.4. The van der Waals surface area contributed by atoms with Gasteiger partial charge in [-0.15, -0.1) is 0 Å². The topological polar surface area (TPSA) is 56.2 Å². The first-order valence-corrected chi connectivity index (χ1v) is 11.4. The molecule has 7 heteroatoms. The Morgan fingerprint density at radius 2 is 1.84 bits per heavy atom. The van der Waals surface area contributed by atoms with Crippen molar-refractivity contribution in [1.29, 1.82) is 0 Å². The van der Waals surface area contributed by atoms with E-state index >= 15 is 0 Å². The van der Waals surface area contributed by atoms with E-state index in [9.17, 15) is 9.90 Å². The van der Waals surface area contributed by atoms with E-state index < -0.39 is 5.92 Å². The summed E-state index contributed by atoms with van der Waals surface area (Å²) in [5.41, 5.74) is 4.84. The van der Waals surface area contributed by atoms with Crippen molar-refractivity contribution < 1.29 is 14.6 Å². The summed E-state index contributed by atoms with van der Waals surface area (Å²) in [4.78, 5) is 18.1. The van der Waals surface area contributed by atoms with Crippen LogP contribution in [0.2, 0.25) is 0 Å². The molecule has 2 aromatic carbocycles. The highest BCUT2D eigenvalue weighted by atomic mass is 32.2. The van der Waals surface area contributed by atoms with E-state index in [0.717, 1.165) is 43.2 Å². The number of ether oxygens (including phenoxy) is 1. The van der Waals surface area contributed by atoms with Gasteiger partial charge in [-0.25, -0.2) is 4.31 Å². The summed E-state index contributed by atoms with van der Waals surface area (Å²) in [5.74, 6) is 0.511. The Morgan fingerprint density at radius 1 is 1.10 bits per heavy atom. The minimum absolute atomic E-state index is 0.0176. The number of carbonyl (C=O) groups is 1. The van der Waals surface area contributed by atoms with Crippen LogP contribution in [0.3, 0.4) is 0 Å². The predicted octanol–water partition coefficient (Wildman–Crippen LogP) is 2.75. The van der Waals surface area contributed by atoms with Gasteiger partial charge in [0.15, 0.2) is 0 Å². The van der Waals surface area contributed by atoms with Gasteiger partial charge in [0.1, 0.15) is 12.4 Å². The number of aliphatic hydroxyl groups is 1. The van der Waals surface area contributed by atoms with Crippen LogP contribution < -0.4 is 9.64 Å². The van der Waals surface area contributed by atoms with E-state index in [2.05, 4.69) is 34.5 Å². The third-order valence-electron chi connectivity index (χ3n) is 6.25. The molecule has 2 fully saturated rings. The van der Waals surface area contributed by atoms with Crippen LogP contribution in [0.5, 0.6) is 5.75 Å². The van der Waals surface area contributed by atoms with Gasteiger partial charge in [-0.1, -0.05) is 30.3 Å². The molecule has 0 bridgehead atoms. The third-order valence-corrected chi connectivity index (χ3v) is 7.23. The van der Waals surface area contributed by atoms with Crippen LogP contribution in [-0.4, -0.2) is 73.2 Å². The average molecular weight is 438 g/mol. The monoisotopic (exact) mass is 437 g/mol. The number of amides is 1. The standard InChI is InChI=1S/C24H27N3O3S/c1-25-9-10-30-23-8-7-20(11-22(23)25)31-27-14-19(15-27)18-12-26(13-18)24(29)21(16-28)17-5-3-2-4-6-17/h2-8,11,21,28H,9-10,12-16H2,1H3. The van der Waals surface area contributed by atoms with Crippen LogP contribution in [0.4, 0.5) is 5.69 Å². The van der Waals surface area contributed by atoms with Crippen molar-refractivity contribution in [3.8, 4) is 5.75 Å². The second-order valence-electron chi connectivity index (χ2n) is 8.34. The number of hydrogen-bond donors (Lipinski definition) is 1. The van der Waals surface area contributed by atoms with Gasteiger partial charge >= 0.3 is 0 Å². The van der Waals surface area contributed by atoms with Crippen molar-refractivity contribution in [3.63, 3.8) is 0 Å². The lowest BCUT2D eigenvalue weighted by atomic mass is 9.92. The van der Waals surface area contributed by atoms with Crippen molar-refractivity contribution in [3.05, 3.63) is 65.2 Å². The molecule has 2 saturated heterocycles. The fourth-order valence-corrected chi connectivity index (χ4v) is 5.26. The molecule has 2 aromatic rings. The van der Waals surface area contributed by atoms with E-state index in [-0.39, 0.29) is 12.5 Å². The molecule has 1 atom stereocenters. The van der Waals surface area contributed by atoms with Crippen molar-refractivity contribution in [2.75, 3.05) is 57.9 Å². The van der Waals surface area contributed by atoms with E-state index in [1.807, 2.05) is 35.2 Å². The zero-order valence-electron chi connectivity index (χ0n) is 17.7. The lowest BCUT2D eigenvalue weighted by molar-refractivity contribution is -0.135. The molecule has 1 N–H and O–H groups in total. The number of fused-ring (bicyclic) bond motifs is 1. The molecule has 3 heterocycles. The SMILES string of the molecule is CN1CCOc2ccc(SN3CC(=C4CN(C(=O)C(CO)c5ccccc5)C4)C3)cc21.